The number of rotatable bonds is 6. The minimum atomic E-state index is -0.996. The zero-order valence-electron chi connectivity index (χ0n) is 14.0. The first-order valence-electron chi connectivity index (χ1n) is 7.58. The largest absolute Gasteiger partial charge is 0.525 e. The SMILES string of the molecule is C#CCOCCC(=C(F)B1OC(C)(C)C(C)(C)O1)c1cccs1. The quantitative estimate of drug-likeness (QED) is 0.445. The maximum Gasteiger partial charge on any atom is 0.525 e. The molecular formula is C17H22BFO3S. The Morgan fingerprint density at radius 1 is 1.35 bits per heavy atom. The van der Waals surface area contributed by atoms with E-state index in [9.17, 15) is 0 Å². The summed E-state index contributed by atoms with van der Waals surface area (Å²) in [5, 5.41) is 1.91. The van der Waals surface area contributed by atoms with Crippen LogP contribution in [0.15, 0.2) is 23.2 Å². The molecule has 2 heterocycles. The summed E-state index contributed by atoms with van der Waals surface area (Å²) < 4.78 is 32.0. The molecule has 6 heteroatoms. The van der Waals surface area contributed by atoms with Crippen LogP contribution in [0.2, 0.25) is 0 Å². The molecule has 0 saturated carbocycles. The molecule has 1 aromatic rings. The van der Waals surface area contributed by atoms with Crippen LogP contribution in [0, 0.1) is 12.3 Å². The molecular weight excluding hydrogens is 314 g/mol. The third kappa shape index (κ3) is 4.05. The Bertz CT molecular complexity index is 586. The van der Waals surface area contributed by atoms with Crippen LogP contribution >= 0.6 is 11.3 Å². The van der Waals surface area contributed by atoms with E-state index in [4.69, 9.17) is 20.5 Å². The third-order valence-corrected chi connectivity index (χ3v) is 5.18. The first-order chi connectivity index (χ1) is 10.8. The Hall–Kier alpha value is -1.13. The molecule has 1 fully saturated rings. The molecule has 0 N–H and O–H groups in total. The van der Waals surface area contributed by atoms with Gasteiger partial charge in [0.05, 0.1) is 17.8 Å². The summed E-state index contributed by atoms with van der Waals surface area (Å²) in [6.07, 6.45) is 5.57. The van der Waals surface area contributed by atoms with Gasteiger partial charge in [-0.2, -0.15) is 0 Å². The molecule has 1 aliphatic heterocycles. The van der Waals surface area contributed by atoms with Crippen molar-refractivity contribution in [2.45, 2.75) is 45.3 Å². The predicted molar refractivity (Wildman–Crippen MR) is 92.7 cm³/mol. The van der Waals surface area contributed by atoms with Crippen LogP contribution in [0.5, 0.6) is 0 Å². The lowest BCUT2D eigenvalue weighted by molar-refractivity contribution is 0.00578. The number of ether oxygens (including phenoxy) is 1. The second kappa shape index (κ2) is 7.19. The van der Waals surface area contributed by atoms with E-state index in [-0.39, 0.29) is 6.61 Å². The molecule has 0 amide bonds. The highest BCUT2D eigenvalue weighted by Crippen LogP contribution is 2.41. The van der Waals surface area contributed by atoms with Gasteiger partial charge in [-0.3, -0.25) is 0 Å². The van der Waals surface area contributed by atoms with Crippen molar-refractivity contribution < 1.29 is 18.4 Å². The molecule has 124 valence electrons. The van der Waals surface area contributed by atoms with E-state index < -0.39 is 24.0 Å². The van der Waals surface area contributed by atoms with E-state index in [0.29, 0.717) is 18.6 Å². The highest BCUT2D eigenvalue weighted by molar-refractivity contribution is 7.11. The van der Waals surface area contributed by atoms with Crippen molar-refractivity contribution in [2.75, 3.05) is 13.2 Å². The molecule has 0 radical (unpaired) electrons. The minimum Gasteiger partial charge on any atom is -0.398 e. The Kier molecular flexibility index (Phi) is 5.69. The Morgan fingerprint density at radius 2 is 2.00 bits per heavy atom. The van der Waals surface area contributed by atoms with Crippen LogP contribution < -0.4 is 0 Å². The van der Waals surface area contributed by atoms with Gasteiger partial charge in [0.25, 0.3) is 0 Å². The number of hydrogen-bond acceptors (Lipinski definition) is 4. The van der Waals surface area contributed by atoms with E-state index in [1.807, 2.05) is 45.2 Å². The molecule has 0 unspecified atom stereocenters. The number of terminal acetylenes is 1. The van der Waals surface area contributed by atoms with Gasteiger partial charge in [-0.1, -0.05) is 12.0 Å². The van der Waals surface area contributed by atoms with E-state index in [1.54, 1.807) is 0 Å². The summed E-state index contributed by atoms with van der Waals surface area (Å²) in [6, 6.07) is 3.77. The fourth-order valence-electron chi connectivity index (χ4n) is 2.20. The van der Waals surface area contributed by atoms with Crippen molar-refractivity contribution in [3.8, 4) is 12.3 Å². The molecule has 1 saturated heterocycles. The van der Waals surface area contributed by atoms with Crippen molar-refractivity contribution in [3.63, 3.8) is 0 Å². The van der Waals surface area contributed by atoms with Crippen LogP contribution in [-0.4, -0.2) is 31.5 Å². The van der Waals surface area contributed by atoms with Crippen LogP contribution in [0.1, 0.15) is 39.0 Å². The smallest absolute Gasteiger partial charge is 0.398 e. The van der Waals surface area contributed by atoms with E-state index in [2.05, 4.69) is 5.92 Å². The van der Waals surface area contributed by atoms with Gasteiger partial charge in [0.15, 0.2) is 0 Å². The monoisotopic (exact) mass is 336 g/mol. The lowest BCUT2D eigenvalue weighted by atomic mass is 9.83. The highest BCUT2D eigenvalue weighted by Gasteiger charge is 2.53. The summed E-state index contributed by atoms with van der Waals surface area (Å²) in [5.41, 5.74) is -0.989. The normalized spacial score (nSPS) is 20.3. The van der Waals surface area contributed by atoms with Crippen molar-refractivity contribution in [1.82, 2.24) is 0 Å². The van der Waals surface area contributed by atoms with E-state index in [1.165, 1.54) is 11.3 Å². The highest BCUT2D eigenvalue weighted by atomic mass is 32.1. The lowest BCUT2D eigenvalue weighted by Crippen LogP contribution is -2.41. The number of thiophene rings is 1. The van der Waals surface area contributed by atoms with Crippen molar-refractivity contribution in [1.29, 1.82) is 0 Å². The first kappa shape index (κ1) is 18.2. The van der Waals surface area contributed by atoms with Crippen LogP contribution in [-0.2, 0) is 14.0 Å². The molecule has 1 aromatic heterocycles. The van der Waals surface area contributed by atoms with Crippen molar-refractivity contribution >= 4 is 24.0 Å². The van der Waals surface area contributed by atoms with Crippen molar-refractivity contribution in [2.24, 2.45) is 0 Å². The maximum atomic E-state index is 15.1. The van der Waals surface area contributed by atoms with Gasteiger partial charge in [-0.15, -0.1) is 17.8 Å². The van der Waals surface area contributed by atoms with E-state index in [0.717, 1.165) is 4.88 Å². The van der Waals surface area contributed by atoms with Crippen LogP contribution in [0.25, 0.3) is 5.57 Å². The van der Waals surface area contributed by atoms with Gasteiger partial charge in [-0.05, 0) is 51.1 Å². The fourth-order valence-corrected chi connectivity index (χ4v) is 3.01. The third-order valence-electron chi connectivity index (χ3n) is 4.25. The number of halogens is 1. The zero-order valence-corrected chi connectivity index (χ0v) is 14.8. The van der Waals surface area contributed by atoms with Crippen LogP contribution in [0.4, 0.5) is 4.39 Å². The molecule has 3 nitrogen and oxygen atoms in total. The van der Waals surface area contributed by atoms with Gasteiger partial charge in [0, 0.05) is 4.88 Å². The molecule has 0 spiro atoms. The Morgan fingerprint density at radius 3 is 2.52 bits per heavy atom. The lowest BCUT2D eigenvalue weighted by Gasteiger charge is -2.32. The molecule has 0 aliphatic carbocycles. The second-order valence-corrected chi connectivity index (χ2v) is 7.35. The van der Waals surface area contributed by atoms with E-state index >= 15 is 4.39 Å². The summed E-state index contributed by atoms with van der Waals surface area (Å²) in [4.78, 5) is 0.849. The summed E-state index contributed by atoms with van der Waals surface area (Å²) in [6.45, 7) is 8.19. The average molecular weight is 336 g/mol. The Labute approximate surface area is 142 Å². The molecule has 0 atom stereocenters. The van der Waals surface area contributed by atoms with Crippen molar-refractivity contribution in [3.05, 3.63) is 28.1 Å². The van der Waals surface area contributed by atoms with Gasteiger partial charge in [0.1, 0.15) is 12.3 Å². The second-order valence-electron chi connectivity index (χ2n) is 6.40. The molecule has 0 bridgehead atoms. The first-order valence-corrected chi connectivity index (χ1v) is 8.46. The van der Waals surface area contributed by atoms with Gasteiger partial charge in [0.2, 0.25) is 0 Å². The standard InChI is InChI=1S/C17H22BFO3S/c1-6-10-20-11-9-13(14-8-7-12-23-14)15(19)18-21-16(2,3)17(4,5)22-18/h1,7-8,12H,9-11H2,2-5H3. The Balaban J connectivity index is 2.23. The maximum absolute atomic E-state index is 15.1. The van der Waals surface area contributed by atoms with Crippen LogP contribution in [0.3, 0.4) is 0 Å². The molecule has 1 aliphatic rings. The molecule has 2 rings (SSSR count). The number of hydrogen-bond donors (Lipinski definition) is 0. The van der Waals surface area contributed by atoms with Gasteiger partial charge < -0.3 is 14.0 Å². The fraction of sp³-hybridized carbons (Fsp3) is 0.529. The zero-order chi connectivity index (χ0) is 17.1. The summed E-state index contributed by atoms with van der Waals surface area (Å²) in [5.74, 6) is 2.40. The topological polar surface area (TPSA) is 27.7 Å². The molecule has 0 aromatic carbocycles. The summed E-state index contributed by atoms with van der Waals surface area (Å²) >= 11 is 1.48. The van der Waals surface area contributed by atoms with Gasteiger partial charge in [-0.25, -0.2) is 4.39 Å². The summed E-state index contributed by atoms with van der Waals surface area (Å²) in [7, 11) is -0.996. The van der Waals surface area contributed by atoms with Gasteiger partial charge >= 0.3 is 7.12 Å². The minimum absolute atomic E-state index is 0.218. The predicted octanol–water partition coefficient (Wildman–Crippen LogP) is 4.10. The average Bonchev–Trinajstić information content (AvgIpc) is 3.05. The molecule has 23 heavy (non-hydrogen) atoms.